The molecule has 1 atom stereocenters. The molecule has 1 unspecified atom stereocenters. The van der Waals surface area contributed by atoms with Crippen molar-refractivity contribution in [2.75, 3.05) is 53.7 Å². The molecule has 0 rings (SSSR count). The van der Waals surface area contributed by atoms with E-state index in [1.165, 1.54) is 7.11 Å². The van der Waals surface area contributed by atoms with Crippen molar-refractivity contribution in [2.45, 2.75) is 152 Å². The second-order valence-corrected chi connectivity index (χ2v) is 11.1. The van der Waals surface area contributed by atoms with Gasteiger partial charge in [-0.15, -0.1) is 0 Å². The Hall–Kier alpha value is -0.980. The second kappa shape index (κ2) is 38.8. The molecule has 7 nitrogen and oxygen atoms in total. The molecule has 0 aromatic carbocycles. The van der Waals surface area contributed by atoms with Gasteiger partial charge in [-0.3, -0.25) is 0 Å². The Morgan fingerprint density at radius 3 is 1.00 bits per heavy atom. The van der Waals surface area contributed by atoms with Crippen LogP contribution in [0.4, 0.5) is 43.9 Å². The molecule has 0 spiro atoms. The van der Waals surface area contributed by atoms with Crippen LogP contribution in [0.25, 0.3) is 0 Å². The highest BCUT2D eigenvalue weighted by Crippen LogP contribution is 2.15. The fourth-order valence-corrected chi connectivity index (χ4v) is 1.58. The largest absolute Gasteiger partial charge is 0.411 e. The lowest BCUT2D eigenvalue weighted by molar-refractivity contribution is -0.181. The van der Waals surface area contributed by atoms with Gasteiger partial charge in [-0.2, -0.15) is 13.2 Å². The van der Waals surface area contributed by atoms with Crippen LogP contribution in [-0.4, -0.2) is 115 Å². The van der Waals surface area contributed by atoms with Gasteiger partial charge in [0.2, 0.25) is 6.36 Å². The van der Waals surface area contributed by atoms with Gasteiger partial charge >= 0.3 is 6.18 Å². The summed E-state index contributed by atoms with van der Waals surface area (Å²) in [5.74, 6) is -2.69. The molecule has 48 heavy (non-hydrogen) atoms. The standard InChI is InChI=1S/C6H12F2O.C6H13FO2.C5H9F3O.C5H10F2O.C5H11FO.C4H9FO/c1-5(2)9-4-6(3,7)8;1-5(2)9-4-6(7)8-3;1-4(2)9-3-5(6,7)8;1-4(2)8-3-5(6)7;1-5(2)7-4-3-6;1-4(2)6-3-5/h5H,4H2,1-3H3;5-6H,4H2,1-3H3;4H,3H2,1-2H3;4-5H,3H2,1-2H3;5H,3-4H2,1-2H3;4H,3H2,1-2H3. The Kier molecular flexibility index (Phi) is 47.9. The van der Waals surface area contributed by atoms with E-state index in [4.69, 9.17) is 9.47 Å². The zero-order valence-corrected chi connectivity index (χ0v) is 31.2. The highest BCUT2D eigenvalue weighted by atomic mass is 19.4. The summed E-state index contributed by atoms with van der Waals surface area (Å²) >= 11 is 0. The van der Waals surface area contributed by atoms with Gasteiger partial charge in [0.15, 0.2) is 6.86 Å². The average molecular weight is 739 g/mol. The van der Waals surface area contributed by atoms with E-state index < -0.39 is 51.6 Å². The molecule has 0 aromatic rings. The van der Waals surface area contributed by atoms with E-state index in [0.717, 1.165) is 6.92 Å². The van der Waals surface area contributed by atoms with Crippen LogP contribution < -0.4 is 0 Å². The molecule has 0 radical (unpaired) electrons. The molecule has 0 aliphatic rings. The van der Waals surface area contributed by atoms with E-state index in [1.54, 1.807) is 55.4 Å². The van der Waals surface area contributed by atoms with Crippen LogP contribution in [0.15, 0.2) is 0 Å². The number of hydrogen-bond donors (Lipinski definition) is 0. The summed E-state index contributed by atoms with van der Waals surface area (Å²) in [6.45, 7) is 19.1. The van der Waals surface area contributed by atoms with Gasteiger partial charge in [-0.1, -0.05) is 0 Å². The fourth-order valence-electron chi connectivity index (χ4n) is 1.58. The van der Waals surface area contributed by atoms with Gasteiger partial charge in [0.25, 0.3) is 12.3 Å². The number of methoxy groups -OCH3 is 1. The van der Waals surface area contributed by atoms with Gasteiger partial charge < -0.3 is 33.2 Å². The molecule has 0 bridgehead atoms. The smallest absolute Gasteiger partial charge is 0.376 e. The van der Waals surface area contributed by atoms with Crippen molar-refractivity contribution in [1.82, 2.24) is 0 Å². The van der Waals surface area contributed by atoms with Gasteiger partial charge in [-0.25, -0.2) is 30.7 Å². The van der Waals surface area contributed by atoms with E-state index in [0.29, 0.717) is 0 Å². The monoisotopic (exact) mass is 738 g/mol. The Morgan fingerprint density at radius 1 is 0.500 bits per heavy atom. The zero-order valence-electron chi connectivity index (χ0n) is 31.2. The Labute approximate surface area is 282 Å². The van der Waals surface area contributed by atoms with Crippen LogP contribution in [0.3, 0.4) is 0 Å². The van der Waals surface area contributed by atoms with Crippen molar-refractivity contribution >= 4 is 0 Å². The number of halogens is 10. The molecular formula is C31H64F10O7. The van der Waals surface area contributed by atoms with Crippen LogP contribution in [-0.2, 0) is 33.2 Å². The molecule has 300 valence electrons. The molecular weight excluding hydrogens is 674 g/mol. The summed E-state index contributed by atoms with van der Waals surface area (Å²) < 4.78 is 147. The van der Waals surface area contributed by atoms with Gasteiger partial charge in [0, 0.05) is 14.0 Å². The molecule has 17 heteroatoms. The van der Waals surface area contributed by atoms with E-state index >= 15 is 0 Å². The normalized spacial score (nSPS) is 12.1. The SMILES string of the molecule is CC(C)OCC(C)(F)F.CC(C)OCC(F)(F)F.CC(C)OCC(F)F.CC(C)OCCF.CC(C)OCF.COC(F)COC(C)C. The molecule has 0 aliphatic heterocycles. The fraction of sp³-hybridized carbons (Fsp3) is 1.00. The topological polar surface area (TPSA) is 64.6 Å². The lowest BCUT2D eigenvalue weighted by Gasteiger charge is -2.12. The number of hydrogen-bond acceptors (Lipinski definition) is 7. The summed E-state index contributed by atoms with van der Waals surface area (Å²) in [7, 11) is 1.31. The number of alkyl halides is 10. The highest BCUT2D eigenvalue weighted by Gasteiger charge is 2.27. The van der Waals surface area contributed by atoms with Gasteiger partial charge in [0.05, 0.1) is 43.2 Å². The molecule has 0 N–H and O–H groups in total. The Bertz CT molecular complexity index is 563. The Morgan fingerprint density at radius 2 is 0.854 bits per heavy atom. The quantitative estimate of drug-likeness (QED) is 0.138. The summed E-state index contributed by atoms with van der Waals surface area (Å²) in [5, 5.41) is 0. The predicted octanol–water partition coefficient (Wildman–Crippen LogP) is 9.79. The van der Waals surface area contributed by atoms with Crippen LogP contribution in [0, 0.1) is 0 Å². The maximum Gasteiger partial charge on any atom is 0.411 e. The molecule has 0 heterocycles. The van der Waals surface area contributed by atoms with Crippen LogP contribution in [0.1, 0.15) is 90.0 Å². The maximum atomic E-state index is 12.1. The van der Waals surface area contributed by atoms with E-state index in [9.17, 15) is 43.9 Å². The lowest BCUT2D eigenvalue weighted by Crippen LogP contribution is -2.21. The summed E-state index contributed by atoms with van der Waals surface area (Å²) in [6, 6.07) is 0. The predicted molar refractivity (Wildman–Crippen MR) is 168 cm³/mol. The zero-order chi connectivity index (χ0) is 39.5. The van der Waals surface area contributed by atoms with Crippen molar-refractivity contribution in [1.29, 1.82) is 0 Å². The maximum absolute atomic E-state index is 12.1. The minimum absolute atomic E-state index is 0.0220. The van der Waals surface area contributed by atoms with Crippen LogP contribution >= 0.6 is 0 Å². The molecule has 0 saturated carbocycles. The van der Waals surface area contributed by atoms with Crippen molar-refractivity contribution in [2.24, 2.45) is 0 Å². The summed E-state index contributed by atoms with van der Waals surface area (Å²) in [4.78, 5) is 0. The third-order valence-corrected chi connectivity index (χ3v) is 3.55. The Balaban J connectivity index is -0.000000111. The second-order valence-electron chi connectivity index (χ2n) is 11.1. The highest BCUT2D eigenvalue weighted by molar-refractivity contribution is 4.55. The molecule has 0 fully saturated rings. The number of ether oxygens (including phenoxy) is 7. The van der Waals surface area contributed by atoms with Gasteiger partial charge in [0.1, 0.15) is 33.1 Å². The van der Waals surface area contributed by atoms with E-state index in [2.05, 4.69) is 23.7 Å². The molecule has 0 saturated heterocycles. The first-order valence-corrected chi connectivity index (χ1v) is 15.4. The van der Waals surface area contributed by atoms with Crippen molar-refractivity contribution in [3.05, 3.63) is 0 Å². The van der Waals surface area contributed by atoms with Crippen molar-refractivity contribution < 1.29 is 77.1 Å². The minimum atomic E-state index is -4.19. The number of rotatable bonds is 17. The lowest BCUT2D eigenvalue weighted by atomic mass is 10.4. The first-order chi connectivity index (χ1) is 21.7. The van der Waals surface area contributed by atoms with Crippen molar-refractivity contribution in [3.63, 3.8) is 0 Å². The summed E-state index contributed by atoms with van der Waals surface area (Å²) in [5.41, 5.74) is 0. The summed E-state index contributed by atoms with van der Waals surface area (Å²) in [6.07, 6.45) is -8.12. The third kappa shape index (κ3) is 96.8. The molecule has 0 aliphatic carbocycles. The molecule has 0 aromatic heterocycles. The van der Waals surface area contributed by atoms with Crippen LogP contribution in [0.2, 0.25) is 0 Å². The average Bonchev–Trinajstić information content (AvgIpc) is 2.92. The van der Waals surface area contributed by atoms with Crippen molar-refractivity contribution in [3.8, 4) is 0 Å². The first-order valence-electron chi connectivity index (χ1n) is 15.4. The molecule has 0 amide bonds. The van der Waals surface area contributed by atoms with Crippen LogP contribution in [0.5, 0.6) is 0 Å². The van der Waals surface area contributed by atoms with Gasteiger partial charge in [-0.05, 0) is 83.1 Å². The first kappa shape index (κ1) is 59.2. The third-order valence-electron chi connectivity index (χ3n) is 3.55. The minimum Gasteiger partial charge on any atom is -0.376 e. The van der Waals surface area contributed by atoms with E-state index in [1.807, 2.05) is 27.7 Å². The van der Waals surface area contributed by atoms with E-state index in [-0.39, 0.29) is 56.5 Å².